The highest BCUT2D eigenvalue weighted by molar-refractivity contribution is 7.22. The van der Waals surface area contributed by atoms with E-state index in [1.54, 1.807) is 0 Å². The van der Waals surface area contributed by atoms with E-state index >= 15 is 0 Å². The first-order chi connectivity index (χ1) is 67.5. The summed E-state index contributed by atoms with van der Waals surface area (Å²) in [6, 6.07) is 139. The molecule has 136 heavy (non-hydrogen) atoms. The standard InChI is InChI=1S/3C30H19N5.C27H17N3S/c1-4-10-25-22(7-1)23-8-2-5-11-26(23)34(25)20-13-15-21(16-14-20)35-27-12-6-3-9-24(27)29-30(35)33-18-17-31-19-28(33)32-29;1-2-8-20(9-3-1)34-25-12-6-4-10-22(25)24-18-21(14-15-27(24)34)35-26-13-7-5-11-23(26)29-30(35)33-17-16-31-19-28(33)32-29;1-2-9-20(10-3-1)34-25-13-5-4-11-22(25)24-19-21(15-16-26(24)34)35-29-23(12-8-17-31-29)28-30(35)33-18-7-6-14-27(33)32-28;1-4-13-23-19(8-1)17-24(31-23)18-9-7-10-20(16-18)30-22-12-3-2-11-21(22)26-27(30)29-15-6-5-14-25(29)28-26/h3*1-19H;1-17H. The van der Waals surface area contributed by atoms with Crippen molar-refractivity contribution in [1.82, 2.24) is 84.5 Å². The maximum absolute atomic E-state index is 4.94. The molecule has 0 fully saturated rings. The van der Waals surface area contributed by atoms with Crippen LogP contribution in [-0.4, -0.2) is 84.5 Å². The van der Waals surface area contributed by atoms with Gasteiger partial charge in [0.2, 0.25) is 0 Å². The monoisotopic (exact) mass is 1760 g/mol. The van der Waals surface area contributed by atoms with E-state index in [9.17, 15) is 0 Å². The molecule has 0 saturated carbocycles. The molecule has 17 heterocycles. The molecule has 0 bridgehead atoms. The number of thiophene rings is 1. The molecule has 0 radical (unpaired) electrons. The van der Waals surface area contributed by atoms with Crippen LogP contribution < -0.4 is 0 Å². The number of pyridine rings is 3. The van der Waals surface area contributed by atoms with Crippen LogP contribution in [0, 0.1) is 0 Å². The fourth-order valence-corrected chi connectivity index (χ4v) is 22.0. The molecule has 0 saturated heterocycles. The van der Waals surface area contributed by atoms with E-state index in [-0.39, 0.29) is 0 Å². The summed E-state index contributed by atoms with van der Waals surface area (Å²) in [4.78, 5) is 34.3. The second kappa shape index (κ2) is 30.5. The molecule has 18 nitrogen and oxygen atoms in total. The first kappa shape index (κ1) is 76.3. The first-order valence-corrected chi connectivity index (χ1v) is 46.2. The molecule has 0 amide bonds. The van der Waals surface area contributed by atoms with Crippen molar-refractivity contribution in [2.75, 3.05) is 0 Å². The number of hydrogen-bond acceptors (Lipinski definition) is 8. The summed E-state index contributed by atoms with van der Waals surface area (Å²) < 4.78 is 26.1. The predicted octanol–water partition coefficient (Wildman–Crippen LogP) is 28.1. The molecule has 0 N–H and O–H groups in total. The number of fused-ring (bicyclic) bond motifs is 30. The van der Waals surface area contributed by atoms with Gasteiger partial charge in [-0.05, 0) is 199 Å². The van der Waals surface area contributed by atoms with Gasteiger partial charge in [0.15, 0.2) is 33.9 Å². The van der Waals surface area contributed by atoms with Gasteiger partial charge in [0.25, 0.3) is 0 Å². The van der Waals surface area contributed by atoms with E-state index < -0.39 is 0 Å². The Hall–Kier alpha value is -18.6. The Morgan fingerprint density at radius 3 is 1.03 bits per heavy atom. The number of para-hydroxylation sites is 9. The Bertz CT molecular complexity index is 9840. The van der Waals surface area contributed by atoms with Crippen molar-refractivity contribution in [2.45, 2.75) is 0 Å². The zero-order valence-corrected chi connectivity index (χ0v) is 73.5. The molecule has 0 aliphatic rings. The smallest absolute Gasteiger partial charge is 0.157 e. The highest BCUT2D eigenvalue weighted by Gasteiger charge is 2.26. The molecule has 0 aliphatic heterocycles. The number of nitrogens with zero attached hydrogens (tertiary/aromatic N) is 18. The van der Waals surface area contributed by atoms with Crippen LogP contribution >= 0.6 is 11.3 Å². The van der Waals surface area contributed by atoms with Gasteiger partial charge in [-0.2, -0.15) is 0 Å². The highest BCUT2D eigenvalue weighted by atomic mass is 32.1. The van der Waals surface area contributed by atoms with Crippen LogP contribution in [0.5, 0.6) is 0 Å². The van der Waals surface area contributed by atoms with Gasteiger partial charge in [-0.15, -0.1) is 11.3 Å². The highest BCUT2D eigenvalue weighted by Crippen LogP contribution is 2.44. The normalized spacial score (nSPS) is 12.0. The van der Waals surface area contributed by atoms with Crippen molar-refractivity contribution in [1.29, 1.82) is 0 Å². The van der Waals surface area contributed by atoms with Crippen LogP contribution in [0.2, 0.25) is 0 Å². The largest absolute Gasteiger partial charge is 0.309 e. The van der Waals surface area contributed by atoms with E-state index in [0.717, 1.165) is 140 Å². The van der Waals surface area contributed by atoms with Gasteiger partial charge < -0.3 is 13.7 Å². The van der Waals surface area contributed by atoms with Gasteiger partial charge in [0.1, 0.15) is 39.0 Å². The lowest BCUT2D eigenvalue weighted by atomic mass is 10.1. The molecule has 0 atom stereocenters. The Kier molecular flexibility index (Phi) is 17.1. The number of hydrogen-bond donors (Lipinski definition) is 0. The fourth-order valence-electron chi connectivity index (χ4n) is 21.0. The van der Waals surface area contributed by atoms with E-state index in [4.69, 9.17) is 24.9 Å². The Labute approximate surface area is 777 Å². The number of rotatable bonds is 8. The number of benzene rings is 14. The summed E-state index contributed by atoms with van der Waals surface area (Å²) in [5.74, 6) is 0. The molecular weight excluding hydrogens is 1690 g/mol. The second-order valence-electron chi connectivity index (χ2n) is 34.2. The zero-order chi connectivity index (χ0) is 89.2. The van der Waals surface area contributed by atoms with Crippen LogP contribution in [-0.2, 0) is 0 Å². The summed E-state index contributed by atoms with van der Waals surface area (Å²) in [5.41, 5.74) is 32.5. The maximum Gasteiger partial charge on any atom is 0.157 e. The minimum atomic E-state index is 0.846. The fraction of sp³-hybridized carbons (Fsp3) is 0. The molecule has 19 heteroatoms. The van der Waals surface area contributed by atoms with Gasteiger partial charge >= 0.3 is 0 Å². The predicted molar refractivity (Wildman–Crippen MR) is 555 cm³/mol. The molecule has 17 aromatic heterocycles. The van der Waals surface area contributed by atoms with E-state index in [2.05, 4.69) is 436 Å². The third-order valence-corrected chi connectivity index (χ3v) is 27.9. The van der Waals surface area contributed by atoms with Crippen molar-refractivity contribution in [2.24, 2.45) is 0 Å². The minimum Gasteiger partial charge on any atom is -0.309 e. The van der Waals surface area contributed by atoms with Gasteiger partial charge in [0.05, 0.1) is 62.0 Å². The van der Waals surface area contributed by atoms with E-state index in [1.807, 2.05) is 85.0 Å². The SMILES string of the molecule is c1cc(-c2cc3ccccc3s2)cc(-n2c3ccccc3c3nc4ccccn4c32)c1.c1ccc(-n2c3ccccc3c3cc(-n4c5ccccc5c5nc6cnccn6c54)ccc32)cc1.c1ccc(-n2c3ccccc3c3cc(-n4c5ncccc5c5nc6ccccn6c54)ccc32)cc1.c1ccc2c(c1)c1ccccc1n2-c1ccc(-n2c3ccccc3c3nc4cnccn4c32)cc1. The minimum absolute atomic E-state index is 0.846. The van der Waals surface area contributed by atoms with Gasteiger partial charge in [-0.25, -0.2) is 24.9 Å². The van der Waals surface area contributed by atoms with Crippen molar-refractivity contribution < 1.29 is 0 Å². The van der Waals surface area contributed by atoms with Gasteiger partial charge in [0, 0.05) is 147 Å². The van der Waals surface area contributed by atoms with E-state index in [0.29, 0.717) is 0 Å². The number of imidazole rings is 4. The Morgan fingerprint density at radius 1 is 0.206 bits per heavy atom. The average molecular weight is 1760 g/mol. The summed E-state index contributed by atoms with van der Waals surface area (Å²) in [6.45, 7) is 0. The lowest BCUT2D eigenvalue weighted by molar-refractivity contribution is 1.07. The maximum atomic E-state index is 4.94. The Balaban J connectivity index is 0.0000000899. The zero-order valence-electron chi connectivity index (χ0n) is 72.7. The Morgan fingerprint density at radius 2 is 0.544 bits per heavy atom. The summed E-state index contributed by atoms with van der Waals surface area (Å²) in [5, 5.41) is 13.2. The van der Waals surface area contributed by atoms with Crippen LogP contribution in [0.3, 0.4) is 0 Å². The van der Waals surface area contributed by atoms with Gasteiger partial charge in [-0.1, -0.05) is 206 Å². The topological polar surface area (TPSA) is 142 Å². The molecule has 31 rings (SSSR count). The summed E-state index contributed by atoms with van der Waals surface area (Å²) in [6.07, 6.45) is 17.2. The molecule has 31 aromatic rings. The van der Waals surface area contributed by atoms with Crippen molar-refractivity contribution in [3.05, 3.63) is 450 Å². The van der Waals surface area contributed by atoms with Crippen LogP contribution in [0.15, 0.2) is 450 Å². The second-order valence-corrected chi connectivity index (χ2v) is 35.3. The summed E-state index contributed by atoms with van der Waals surface area (Å²) in [7, 11) is 0. The molecule has 0 spiro atoms. The van der Waals surface area contributed by atoms with Crippen molar-refractivity contribution >= 4 is 198 Å². The molecular formula is C117H74N18S. The average Bonchev–Trinajstić information content (AvgIpc) is 1.57. The third-order valence-electron chi connectivity index (χ3n) is 26.7. The van der Waals surface area contributed by atoms with Crippen LogP contribution in [0.1, 0.15) is 0 Å². The van der Waals surface area contributed by atoms with E-state index in [1.165, 1.54) is 96.8 Å². The van der Waals surface area contributed by atoms with Crippen molar-refractivity contribution in [3.8, 4) is 50.3 Å². The quantitative estimate of drug-likeness (QED) is 0.147. The lowest BCUT2D eigenvalue weighted by Crippen LogP contribution is -1.99. The lowest BCUT2D eigenvalue weighted by Gasteiger charge is -2.11. The van der Waals surface area contributed by atoms with Crippen molar-refractivity contribution in [3.63, 3.8) is 0 Å². The van der Waals surface area contributed by atoms with Gasteiger partial charge in [-0.3, -0.25) is 45.8 Å². The first-order valence-electron chi connectivity index (χ1n) is 45.4. The summed E-state index contributed by atoms with van der Waals surface area (Å²) >= 11 is 1.84. The van der Waals surface area contributed by atoms with Crippen LogP contribution in [0.4, 0.5) is 0 Å². The van der Waals surface area contributed by atoms with Crippen LogP contribution in [0.25, 0.3) is 237 Å². The molecule has 638 valence electrons. The number of aromatic nitrogens is 18. The molecule has 14 aromatic carbocycles. The molecule has 0 unspecified atom stereocenters. The third kappa shape index (κ3) is 11.8. The molecule has 0 aliphatic carbocycles.